The van der Waals surface area contributed by atoms with E-state index in [1.165, 1.54) is 0 Å². The van der Waals surface area contributed by atoms with Crippen LogP contribution in [-0.4, -0.2) is 80.4 Å². The molecule has 2 aliphatic rings. The van der Waals surface area contributed by atoms with Crippen LogP contribution in [0.2, 0.25) is 0 Å². The molecule has 48 heavy (non-hydrogen) atoms. The van der Waals surface area contributed by atoms with E-state index in [1.54, 1.807) is 7.11 Å². The number of morpholine rings is 1. The van der Waals surface area contributed by atoms with Gasteiger partial charge in [-0.2, -0.15) is 0 Å². The van der Waals surface area contributed by atoms with Crippen LogP contribution in [-0.2, 0) is 41.6 Å². The molecule has 0 aliphatic carbocycles. The largest absolute Gasteiger partial charge is 0.496 e. The molecule has 11 heteroatoms. The van der Waals surface area contributed by atoms with Gasteiger partial charge in [0.2, 0.25) is 0 Å². The minimum atomic E-state index is -0.752. The molecule has 0 spiro atoms. The summed E-state index contributed by atoms with van der Waals surface area (Å²) in [4.78, 5) is 51.6. The first kappa shape index (κ1) is 39.0. The predicted molar refractivity (Wildman–Crippen MR) is 180 cm³/mol. The van der Waals surface area contributed by atoms with Crippen molar-refractivity contribution in [2.75, 3.05) is 46.6 Å². The zero-order chi connectivity index (χ0) is 35.1. The number of fused-ring (bicyclic) bond motifs is 1. The van der Waals surface area contributed by atoms with Crippen molar-refractivity contribution in [2.24, 2.45) is 11.8 Å². The van der Waals surface area contributed by atoms with E-state index in [0.29, 0.717) is 62.5 Å². The predicted octanol–water partition coefficient (Wildman–Crippen LogP) is 6.20. The summed E-state index contributed by atoms with van der Waals surface area (Å²) in [5, 5.41) is 8.91. The number of hydrogen-bond acceptors (Lipinski definition) is 10. The standard InChI is InChI=1S/C37H55NO10/c1-25(14-16-32(41)46-22-19-38-17-20-45-21-18-38)13-15-29-34(44-5)28(4)30-24-47-37(43)33(30)35(29)48-36(42)27(3)12-10-8-6-7-9-11-26(2)23-31(39)40/h13,26-27H,6-12,14-24H2,1-5H3,(H,39,40). The van der Waals surface area contributed by atoms with E-state index in [4.69, 9.17) is 28.8 Å². The summed E-state index contributed by atoms with van der Waals surface area (Å²) < 4.78 is 27.9. The third kappa shape index (κ3) is 12.2. The molecule has 0 radical (unpaired) electrons. The highest BCUT2D eigenvalue weighted by Gasteiger charge is 2.34. The molecule has 1 N–H and O–H groups in total. The minimum Gasteiger partial charge on any atom is -0.496 e. The molecule has 2 aliphatic heterocycles. The smallest absolute Gasteiger partial charge is 0.342 e. The lowest BCUT2D eigenvalue weighted by atomic mass is 9.94. The molecule has 2 heterocycles. The fourth-order valence-corrected chi connectivity index (χ4v) is 6.18. The van der Waals surface area contributed by atoms with Gasteiger partial charge in [-0.05, 0) is 44.6 Å². The second-order valence-corrected chi connectivity index (χ2v) is 13.2. The van der Waals surface area contributed by atoms with Gasteiger partial charge in [-0.1, -0.05) is 64.0 Å². The van der Waals surface area contributed by atoms with Gasteiger partial charge in [0.1, 0.15) is 24.5 Å². The number of rotatable bonds is 21. The van der Waals surface area contributed by atoms with Crippen LogP contribution in [0.5, 0.6) is 11.5 Å². The van der Waals surface area contributed by atoms with Gasteiger partial charge in [0.05, 0.1) is 26.2 Å². The van der Waals surface area contributed by atoms with Crippen molar-refractivity contribution in [2.45, 2.75) is 105 Å². The van der Waals surface area contributed by atoms with Crippen molar-refractivity contribution in [3.05, 3.63) is 33.9 Å². The number of allylic oxidation sites excluding steroid dienone is 2. The normalized spacial score (nSPS) is 16.2. The Morgan fingerprint density at radius 2 is 1.69 bits per heavy atom. The third-order valence-electron chi connectivity index (χ3n) is 9.24. The molecule has 3 rings (SSSR count). The lowest BCUT2D eigenvalue weighted by molar-refractivity contribution is -0.144. The Balaban J connectivity index is 1.58. The van der Waals surface area contributed by atoms with E-state index < -0.39 is 17.9 Å². The van der Waals surface area contributed by atoms with Gasteiger partial charge in [0.25, 0.3) is 0 Å². The number of methoxy groups -OCH3 is 1. The molecule has 1 saturated heterocycles. The van der Waals surface area contributed by atoms with Gasteiger partial charge in [-0.3, -0.25) is 19.3 Å². The van der Waals surface area contributed by atoms with Crippen LogP contribution in [0.1, 0.15) is 112 Å². The van der Waals surface area contributed by atoms with Crippen molar-refractivity contribution in [1.29, 1.82) is 0 Å². The summed E-state index contributed by atoms with van der Waals surface area (Å²) in [7, 11) is 1.56. The van der Waals surface area contributed by atoms with Crippen LogP contribution in [0.3, 0.4) is 0 Å². The number of cyclic esters (lactones) is 1. The Bertz CT molecular complexity index is 1280. The molecule has 0 bridgehead atoms. The highest BCUT2D eigenvalue weighted by atomic mass is 16.6. The highest BCUT2D eigenvalue weighted by Crippen LogP contribution is 2.43. The Labute approximate surface area is 285 Å². The van der Waals surface area contributed by atoms with E-state index in [-0.39, 0.29) is 48.6 Å². The first-order chi connectivity index (χ1) is 23.0. The van der Waals surface area contributed by atoms with Gasteiger partial charge < -0.3 is 28.8 Å². The Kier molecular flexibility index (Phi) is 16.4. The van der Waals surface area contributed by atoms with E-state index in [0.717, 1.165) is 62.8 Å². The number of carboxylic acids is 1. The summed E-state index contributed by atoms with van der Waals surface area (Å²) in [5.41, 5.74) is 3.26. The molecule has 1 aromatic rings. The zero-order valence-electron chi connectivity index (χ0n) is 29.5. The lowest BCUT2D eigenvalue weighted by Gasteiger charge is -2.26. The number of hydrogen-bond donors (Lipinski definition) is 1. The van der Waals surface area contributed by atoms with Gasteiger partial charge in [-0.25, -0.2) is 4.79 Å². The average Bonchev–Trinajstić information content (AvgIpc) is 3.45. The number of ether oxygens (including phenoxy) is 5. The van der Waals surface area contributed by atoms with Crippen molar-refractivity contribution in [3.63, 3.8) is 0 Å². The Morgan fingerprint density at radius 1 is 1.00 bits per heavy atom. The number of carbonyl (C=O) groups is 4. The summed E-state index contributed by atoms with van der Waals surface area (Å²) >= 11 is 0. The van der Waals surface area contributed by atoms with Crippen LogP contribution in [0.25, 0.3) is 0 Å². The molecule has 2 unspecified atom stereocenters. The summed E-state index contributed by atoms with van der Waals surface area (Å²) in [6.45, 7) is 11.8. The fraction of sp³-hybridized carbons (Fsp3) is 0.676. The van der Waals surface area contributed by atoms with Gasteiger partial charge in [0, 0.05) is 43.6 Å². The SMILES string of the molecule is COc1c(C)c2c(c(OC(=O)C(C)CCCCCCCC(C)CC(=O)O)c1CC=C(C)CCC(=O)OCCN1CCOCC1)C(=O)OC2. The topological polar surface area (TPSA) is 138 Å². The first-order valence-electron chi connectivity index (χ1n) is 17.5. The molecular weight excluding hydrogens is 618 g/mol. The maximum atomic E-state index is 13.3. The molecule has 0 aromatic heterocycles. The van der Waals surface area contributed by atoms with Crippen LogP contribution in [0, 0.1) is 18.8 Å². The lowest BCUT2D eigenvalue weighted by Crippen LogP contribution is -2.38. The van der Waals surface area contributed by atoms with Crippen molar-refractivity contribution in [3.8, 4) is 11.5 Å². The summed E-state index contributed by atoms with van der Waals surface area (Å²) in [5.74, 6) is -1.39. The number of esters is 3. The highest BCUT2D eigenvalue weighted by molar-refractivity contribution is 5.99. The molecule has 0 saturated carbocycles. The Morgan fingerprint density at radius 3 is 2.38 bits per heavy atom. The van der Waals surface area contributed by atoms with Gasteiger partial charge >= 0.3 is 23.9 Å². The summed E-state index contributed by atoms with van der Waals surface area (Å²) in [6, 6.07) is 0. The third-order valence-corrected chi connectivity index (χ3v) is 9.24. The van der Waals surface area contributed by atoms with Crippen LogP contribution in [0.4, 0.5) is 0 Å². The van der Waals surface area contributed by atoms with E-state index >= 15 is 0 Å². The van der Waals surface area contributed by atoms with E-state index in [1.807, 2.05) is 33.8 Å². The first-order valence-corrected chi connectivity index (χ1v) is 17.5. The Hall–Kier alpha value is -3.44. The maximum absolute atomic E-state index is 13.3. The van der Waals surface area contributed by atoms with Crippen LogP contribution >= 0.6 is 0 Å². The second-order valence-electron chi connectivity index (χ2n) is 13.2. The monoisotopic (exact) mass is 673 g/mol. The number of carbonyl (C=O) groups excluding carboxylic acids is 3. The molecular formula is C37H55NO10. The molecule has 1 fully saturated rings. The van der Waals surface area contributed by atoms with Gasteiger partial charge in [0.15, 0.2) is 5.75 Å². The van der Waals surface area contributed by atoms with Crippen LogP contribution in [0.15, 0.2) is 11.6 Å². The molecule has 268 valence electrons. The molecule has 11 nitrogen and oxygen atoms in total. The number of nitrogens with zero attached hydrogens (tertiary/aromatic N) is 1. The number of carboxylic acid groups (broad SMARTS) is 1. The minimum absolute atomic E-state index is 0.0916. The maximum Gasteiger partial charge on any atom is 0.342 e. The second kappa shape index (κ2) is 20.2. The zero-order valence-corrected chi connectivity index (χ0v) is 29.5. The number of aliphatic carboxylic acids is 1. The van der Waals surface area contributed by atoms with Crippen molar-refractivity contribution < 1.29 is 48.0 Å². The fourth-order valence-electron chi connectivity index (χ4n) is 6.18. The van der Waals surface area contributed by atoms with Crippen LogP contribution < -0.4 is 9.47 Å². The average molecular weight is 674 g/mol. The van der Waals surface area contributed by atoms with E-state index in [2.05, 4.69) is 4.90 Å². The van der Waals surface area contributed by atoms with Crippen molar-refractivity contribution >= 4 is 23.9 Å². The van der Waals surface area contributed by atoms with E-state index in [9.17, 15) is 19.2 Å². The molecule has 0 amide bonds. The molecule has 1 aromatic carbocycles. The van der Waals surface area contributed by atoms with Gasteiger partial charge in [-0.15, -0.1) is 0 Å². The van der Waals surface area contributed by atoms with Crippen molar-refractivity contribution in [1.82, 2.24) is 4.90 Å². The number of benzene rings is 1. The summed E-state index contributed by atoms with van der Waals surface area (Å²) in [6.07, 6.45) is 9.73. The quantitative estimate of drug-likeness (QED) is 0.0691. The number of unbranched alkanes of at least 4 members (excludes halogenated alkanes) is 4. The molecule has 2 atom stereocenters.